The second-order valence-corrected chi connectivity index (χ2v) is 4.65. The third kappa shape index (κ3) is 4.46. The number of Topliss-reactive ketones (excluding diaryl/α,β-unsaturated/α-hetero) is 1. The third-order valence-electron chi connectivity index (χ3n) is 3.21. The molecule has 0 spiro atoms. The lowest BCUT2D eigenvalue weighted by molar-refractivity contribution is -0.135. The number of carbonyl (C=O) groups excluding carboxylic acids is 2. The van der Waals surface area contributed by atoms with Crippen molar-refractivity contribution in [2.24, 2.45) is 5.41 Å². The van der Waals surface area contributed by atoms with Gasteiger partial charge in [0.2, 0.25) is 0 Å². The van der Waals surface area contributed by atoms with E-state index in [2.05, 4.69) is 13.8 Å². The van der Waals surface area contributed by atoms with Gasteiger partial charge in [-0.1, -0.05) is 46.5 Å². The highest BCUT2D eigenvalue weighted by molar-refractivity contribution is 5.98. The fourth-order valence-electron chi connectivity index (χ4n) is 2.05. The first-order chi connectivity index (χ1) is 7.66. The van der Waals surface area contributed by atoms with Gasteiger partial charge in [-0.15, -0.1) is 0 Å². The number of hydrogen-bond donors (Lipinski definition) is 0. The highest BCUT2D eigenvalue weighted by Gasteiger charge is 2.35. The first-order valence-corrected chi connectivity index (χ1v) is 6.66. The summed E-state index contributed by atoms with van der Waals surface area (Å²) >= 11 is 0. The molecule has 0 amide bonds. The standard InChI is InChI=1S/C14H26O2/c1-4-7-10-14(12-15,11-8-5-2)13(16)9-6-3/h12H,4-11H2,1-3H3. The van der Waals surface area contributed by atoms with Crippen LogP contribution in [0.25, 0.3) is 0 Å². The number of rotatable bonds is 10. The predicted molar refractivity (Wildman–Crippen MR) is 67.5 cm³/mol. The van der Waals surface area contributed by atoms with Gasteiger partial charge in [-0.2, -0.15) is 0 Å². The fourth-order valence-corrected chi connectivity index (χ4v) is 2.05. The molecule has 0 aromatic rings. The molecule has 0 heterocycles. The Morgan fingerprint density at radius 3 is 1.81 bits per heavy atom. The van der Waals surface area contributed by atoms with Crippen LogP contribution in [0.2, 0.25) is 0 Å². The van der Waals surface area contributed by atoms with Crippen LogP contribution < -0.4 is 0 Å². The van der Waals surface area contributed by atoms with Crippen molar-refractivity contribution in [1.29, 1.82) is 0 Å². The lowest BCUT2D eigenvalue weighted by Crippen LogP contribution is -2.33. The van der Waals surface area contributed by atoms with Crippen LogP contribution in [0.15, 0.2) is 0 Å². The molecule has 0 rings (SSSR count). The van der Waals surface area contributed by atoms with Gasteiger partial charge in [0.1, 0.15) is 12.1 Å². The van der Waals surface area contributed by atoms with Gasteiger partial charge in [-0.25, -0.2) is 0 Å². The van der Waals surface area contributed by atoms with Gasteiger partial charge in [0.25, 0.3) is 0 Å². The van der Waals surface area contributed by atoms with Gasteiger partial charge >= 0.3 is 0 Å². The smallest absolute Gasteiger partial charge is 0.146 e. The number of hydrogen-bond acceptors (Lipinski definition) is 2. The summed E-state index contributed by atoms with van der Waals surface area (Å²) in [5, 5.41) is 0. The van der Waals surface area contributed by atoms with E-state index in [1.807, 2.05) is 6.92 Å². The lowest BCUT2D eigenvalue weighted by Gasteiger charge is -2.26. The summed E-state index contributed by atoms with van der Waals surface area (Å²) < 4.78 is 0. The Bertz CT molecular complexity index is 201. The molecule has 94 valence electrons. The summed E-state index contributed by atoms with van der Waals surface area (Å²) in [5.41, 5.74) is -0.665. The van der Waals surface area contributed by atoms with Crippen LogP contribution in [0.1, 0.15) is 72.1 Å². The van der Waals surface area contributed by atoms with E-state index in [0.29, 0.717) is 6.42 Å². The third-order valence-corrected chi connectivity index (χ3v) is 3.21. The summed E-state index contributed by atoms with van der Waals surface area (Å²) in [6, 6.07) is 0. The van der Waals surface area contributed by atoms with Crippen molar-refractivity contribution in [1.82, 2.24) is 0 Å². The molecule has 0 saturated heterocycles. The predicted octanol–water partition coefficient (Wildman–Crippen LogP) is 3.92. The number of unbranched alkanes of at least 4 members (excludes halogenated alkanes) is 2. The van der Waals surface area contributed by atoms with Crippen molar-refractivity contribution in [3.8, 4) is 0 Å². The summed E-state index contributed by atoms with van der Waals surface area (Å²) in [6.45, 7) is 6.19. The lowest BCUT2D eigenvalue weighted by atomic mass is 9.75. The zero-order chi connectivity index (χ0) is 12.4. The Morgan fingerprint density at radius 2 is 1.50 bits per heavy atom. The van der Waals surface area contributed by atoms with Gasteiger partial charge in [0.05, 0.1) is 5.41 Å². The number of carbonyl (C=O) groups is 2. The summed E-state index contributed by atoms with van der Waals surface area (Å²) in [6.07, 6.45) is 7.82. The molecule has 2 nitrogen and oxygen atoms in total. The van der Waals surface area contributed by atoms with Gasteiger partial charge in [-0.3, -0.25) is 4.79 Å². The summed E-state index contributed by atoms with van der Waals surface area (Å²) in [5.74, 6) is 0.159. The second kappa shape index (κ2) is 8.49. The van der Waals surface area contributed by atoms with Crippen molar-refractivity contribution < 1.29 is 9.59 Å². The SMILES string of the molecule is CCCCC(C=O)(CCCC)C(=O)CCC. The zero-order valence-electron chi connectivity index (χ0n) is 11.1. The Kier molecular flexibility index (Phi) is 8.14. The van der Waals surface area contributed by atoms with E-state index in [4.69, 9.17) is 0 Å². The number of ketones is 1. The normalized spacial score (nSPS) is 11.4. The van der Waals surface area contributed by atoms with E-state index in [9.17, 15) is 9.59 Å². The molecule has 0 aliphatic heterocycles. The molecule has 0 N–H and O–H groups in total. The van der Waals surface area contributed by atoms with Crippen LogP contribution in [0, 0.1) is 5.41 Å². The topological polar surface area (TPSA) is 34.1 Å². The van der Waals surface area contributed by atoms with E-state index >= 15 is 0 Å². The molecular weight excluding hydrogens is 200 g/mol. The summed E-state index contributed by atoms with van der Waals surface area (Å²) in [7, 11) is 0. The molecule has 0 aromatic heterocycles. The molecule has 0 aliphatic carbocycles. The quantitative estimate of drug-likeness (QED) is 0.418. The van der Waals surface area contributed by atoms with Crippen LogP contribution >= 0.6 is 0 Å². The van der Waals surface area contributed by atoms with Gasteiger partial charge in [0, 0.05) is 6.42 Å². The first kappa shape index (κ1) is 15.3. The van der Waals surface area contributed by atoms with Crippen LogP contribution in [0.5, 0.6) is 0 Å². The maximum atomic E-state index is 12.1. The largest absolute Gasteiger partial charge is 0.302 e. The van der Waals surface area contributed by atoms with Crippen molar-refractivity contribution >= 4 is 12.1 Å². The molecule has 0 radical (unpaired) electrons. The molecule has 0 saturated carbocycles. The molecule has 0 bridgehead atoms. The fraction of sp³-hybridized carbons (Fsp3) is 0.857. The summed E-state index contributed by atoms with van der Waals surface area (Å²) in [4.78, 5) is 23.4. The minimum atomic E-state index is -0.665. The highest BCUT2D eigenvalue weighted by atomic mass is 16.1. The van der Waals surface area contributed by atoms with Gasteiger partial charge < -0.3 is 4.79 Å². The van der Waals surface area contributed by atoms with Gasteiger partial charge in [0.15, 0.2) is 0 Å². The maximum Gasteiger partial charge on any atom is 0.146 e. The van der Waals surface area contributed by atoms with Crippen molar-refractivity contribution in [2.75, 3.05) is 0 Å². The molecule has 0 aliphatic rings. The molecule has 0 aromatic carbocycles. The van der Waals surface area contributed by atoms with E-state index in [1.54, 1.807) is 0 Å². The average Bonchev–Trinajstić information content (AvgIpc) is 2.30. The Morgan fingerprint density at radius 1 is 1.00 bits per heavy atom. The van der Waals surface area contributed by atoms with E-state index in [-0.39, 0.29) is 5.78 Å². The van der Waals surface area contributed by atoms with Crippen LogP contribution in [0.3, 0.4) is 0 Å². The second-order valence-electron chi connectivity index (χ2n) is 4.65. The van der Waals surface area contributed by atoms with Crippen molar-refractivity contribution in [3.05, 3.63) is 0 Å². The molecule has 0 atom stereocenters. The average molecular weight is 226 g/mol. The van der Waals surface area contributed by atoms with Crippen molar-refractivity contribution in [2.45, 2.75) is 72.1 Å². The maximum absolute atomic E-state index is 12.1. The molecule has 0 unspecified atom stereocenters. The van der Waals surface area contributed by atoms with Gasteiger partial charge in [-0.05, 0) is 19.3 Å². The highest BCUT2D eigenvalue weighted by Crippen LogP contribution is 2.31. The Labute approximate surface area is 99.8 Å². The van der Waals surface area contributed by atoms with Crippen LogP contribution in [0.4, 0.5) is 0 Å². The molecule has 16 heavy (non-hydrogen) atoms. The van der Waals surface area contributed by atoms with Crippen LogP contribution in [-0.2, 0) is 9.59 Å². The van der Waals surface area contributed by atoms with E-state index < -0.39 is 5.41 Å². The molecular formula is C14H26O2. The Balaban J connectivity index is 4.64. The van der Waals surface area contributed by atoms with Crippen LogP contribution in [-0.4, -0.2) is 12.1 Å². The molecule has 2 heteroatoms. The zero-order valence-corrected chi connectivity index (χ0v) is 11.1. The van der Waals surface area contributed by atoms with E-state index in [0.717, 1.165) is 51.2 Å². The first-order valence-electron chi connectivity index (χ1n) is 6.66. The van der Waals surface area contributed by atoms with E-state index in [1.165, 1.54) is 0 Å². The number of aldehydes is 1. The molecule has 0 fully saturated rings. The minimum Gasteiger partial charge on any atom is -0.302 e. The monoisotopic (exact) mass is 226 g/mol. The minimum absolute atomic E-state index is 0.159. The van der Waals surface area contributed by atoms with Crippen molar-refractivity contribution in [3.63, 3.8) is 0 Å². The Hall–Kier alpha value is -0.660.